The molecule has 11 heteroatoms. The van der Waals surface area contributed by atoms with E-state index in [4.69, 9.17) is 5.73 Å². The van der Waals surface area contributed by atoms with Crippen LogP contribution in [0.2, 0.25) is 0 Å². The number of carbonyl (C=O) groups excluding carboxylic acids is 3. The Morgan fingerprint density at radius 2 is 1.90 bits per heavy atom. The summed E-state index contributed by atoms with van der Waals surface area (Å²) in [5.41, 5.74) is 5.83. The second kappa shape index (κ2) is 12.3. The minimum atomic E-state index is -1.05. The van der Waals surface area contributed by atoms with Crippen molar-refractivity contribution >= 4 is 48.1 Å². The molecule has 3 amide bonds. The first-order valence-electron chi connectivity index (χ1n) is 9.63. The number of hydrogen-bond donors (Lipinski definition) is 5. The summed E-state index contributed by atoms with van der Waals surface area (Å²) in [5, 5.41) is 14.6. The van der Waals surface area contributed by atoms with Gasteiger partial charge >= 0.3 is 5.97 Å². The molecular formula is C18H32N4O5S2. The normalized spacial score (nSPS) is 19.5. The van der Waals surface area contributed by atoms with Gasteiger partial charge in [-0.15, -0.1) is 0 Å². The molecule has 0 saturated carbocycles. The van der Waals surface area contributed by atoms with Gasteiger partial charge in [-0.3, -0.25) is 14.4 Å². The lowest BCUT2D eigenvalue weighted by atomic mass is 10.0. The van der Waals surface area contributed by atoms with Crippen LogP contribution >= 0.6 is 24.4 Å². The lowest BCUT2D eigenvalue weighted by Crippen LogP contribution is -2.59. The van der Waals surface area contributed by atoms with Crippen molar-refractivity contribution in [2.75, 3.05) is 24.3 Å². The molecule has 4 unspecified atom stereocenters. The smallest absolute Gasteiger partial charge is 0.326 e. The van der Waals surface area contributed by atoms with E-state index in [1.807, 2.05) is 6.26 Å². The van der Waals surface area contributed by atoms with Gasteiger partial charge in [0, 0.05) is 12.3 Å². The van der Waals surface area contributed by atoms with Crippen molar-refractivity contribution in [1.82, 2.24) is 15.5 Å². The third-order valence-electron chi connectivity index (χ3n) is 4.84. The number of carbonyl (C=O) groups is 4. The Bertz CT molecular complexity index is 605. The largest absolute Gasteiger partial charge is 0.480 e. The molecule has 0 aromatic heterocycles. The molecule has 29 heavy (non-hydrogen) atoms. The van der Waals surface area contributed by atoms with E-state index in [-0.39, 0.29) is 11.7 Å². The molecule has 0 spiro atoms. The minimum Gasteiger partial charge on any atom is -0.480 e. The fraction of sp³-hybridized carbons (Fsp3) is 0.778. The number of nitrogens with two attached hydrogens (primary N) is 1. The van der Waals surface area contributed by atoms with Gasteiger partial charge in [0.2, 0.25) is 17.7 Å². The Labute approximate surface area is 181 Å². The van der Waals surface area contributed by atoms with E-state index in [1.165, 1.54) is 4.90 Å². The zero-order valence-corrected chi connectivity index (χ0v) is 18.8. The molecule has 0 aliphatic carbocycles. The first-order chi connectivity index (χ1) is 13.6. The lowest BCUT2D eigenvalue weighted by molar-refractivity contribution is -0.150. The van der Waals surface area contributed by atoms with Crippen LogP contribution in [-0.4, -0.2) is 82.2 Å². The van der Waals surface area contributed by atoms with E-state index in [2.05, 4.69) is 23.3 Å². The van der Waals surface area contributed by atoms with Crippen LogP contribution < -0.4 is 16.4 Å². The van der Waals surface area contributed by atoms with Crippen molar-refractivity contribution in [3.05, 3.63) is 0 Å². The summed E-state index contributed by atoms with van der Waals surface area (Å²) in [6.07, 6.45) is 3.38. The van der Waals surface area contributed by atoms with E-state index in [9.17, 15) is 24.3 Å². The molecule has 1 fully saturated rings. The van der Waals surface area contributed by atoms with Crippen molar-refractivity contribution in [3.63, 3.8) is 0 Å². The molecule has 4 atom stereocenters. The van der Waals surface area contributed by atoms with Gasteiger partial charge in [-0.1, -0.05) is 13.8 Å². The lowest BCUT2D eigenvalue weighted by Gasteiger charge is -2.30. The van der Waals surface area contributed by atoms with Crippen molar-refractivity contribution in [2.24, 2.45) is 11.7 Å². The zero-order chi connectivity index (χ0) is 22.1. The summed E-state index contributed by atoms with van der Waals surface area (Å²) in [4.78, 5) is 50.5. The molecule has 166 valence electrons. The molecule has 0 radical (unpaired) electrons. The number of nitrogens with zero attached hydrogens (tertiary/aromatic N) is 1. The van der Waals surface area contributed by atoms with Crippen molar-refractivity contribution in [3.8, 4) is 0 Å². The van der Waals surface area contributed by atoms with Gasteiger partial charge in [0.1, 0.15) is 18.1 Å². The Hall–Kier alpha value is -1.46. The maximum atomic E-state index is 12.9. The van der Waals surface area contributed by atoms with Crippen LogP contribution in [0.1, 0.15) is 33.1 Å². The quantitative estimate of drug-likeness (QED) is 0.273. The van der Waals surface area contributed by atoms with Gasteiger partial charge in [-0.05, 0) is 37.2 Å². The first-order valence-corrected chi connectivity index (χ1v) is 11.7. The van der Waals surface area contributed by atoms with Crippen molar-refractivity contribution < 1.29 is 24.3 Å². The van der Waals surface area contributed by atoms with Gasteiger partial charge < -0.3 is 26.4 Å². The highest BCUT2D eigenvalue weighted by molar-refractivity contribution is 7.98. The van der Waals surface area contributed by atoms with Crippen LogP contribution in [0.3, 0.4) is 0 Å². The Morgan fingerprint density at radius 3 is 2.41 bits per heavy atom. The van der Waals surface area contributed by atoms with E-state index < -0.39 is 47.9 Å². The van der Waals surface area contributed by atoms with E-state index >= 15 is 0 Å². The fourth-order valence-electron chi connectivity index (χ4n) is 3.08. The number of carboxylic acid groups (broad SMARTS) is 1. The summed E-state index contributed by atoms with van der Waals surface area (Å²) in [5.74, 6) is -2.00. The summed E-state index contributed by atoms with van der Waals surface area (Å²) in [6.45, 7) is 3.87. The minimum absolute atomic E-state index is 0.0350. The number of carboxylic acids is 1. The Balaban J connectivity index is 2.80. The van der Waals surface area contributed by atoms with E-state index in [0.717, 1.165) is 5.75 Å². The molecule has 0 bridgehead atoms. The number of likely N-dealkylation sites (tertiary alicyclic amines) is 1. The maximum Gasteiger partial charge on any atom is 0.326 e. The topological polar surface area (TPSA) is 142 Å². The summed E-state index contributed by atoms with van der Waals surface area (Å²) < 4.78 is 0. The molecule has 1 aliphatic rings. The van der Waals surface area contributed by atoms with Gasteiger partial charge in [0.15, 0.2) is 0 Å². The number of aliphatic carboxylic acids is 1. The number of thioether (sulfide) groups is 1. The van der Waals surface area contributed by atoms with Crippen LogP contribution in [0.4, 0.5) is 0 Å². The summed E-state index contributed by atoms with van der Waals surface area (Å²) in [7, 11) is 0. The van der Waals surface area contributed by atoms with Gasteiger partial charge in [0.25, 0.3) is 0 Å². The number of hydrogen-bond acceptors (Lipinski definition) is 7. The highest BCUT2D eigenvalue weighted by Gasteiger charge is 2.39. The molecule has 9 nitrogen and oxygen atoms in total. The Kier molecular flexibility index (Phi) is 10.8. The summed E-state index contributed by atoms with van der Waals surface area (Å²) in [6, 6.07) is -3.46. The first kappa shape index (κ1) is 25.6. The van der Waals surface area contributed by atoms with E-state index in [0.29, 0.717) is 25.8 Å². The molecular weight excluding hydrogens is 416 g/mol. The predicted molar refractivity (Wildman–Crippen MR) is 116 cm³/mol. The number of amides is 3. The van der Waals surface area contributed by atoms with Crippen molar-refractivity contribution in [1.29, 1.82) is 0 Å². The third kappa shape index (κ3) is 7.38. The van der Waals surface area contributed by atoms with Crippen LogP contribution in [0, 0.1) is 5.92 Å². The third-order valence-corrected chi connectivity index (χ3v) is 5.85. The molecule has 1 heterocycles. The molecule has 0 aromatic rings. The molecule has 1 aliphatic heterocycles. The highest BCUT2D eigenvalue weighted by atomic mass is 32.2. The SMILES string of the molecule is CSCCC(N)C(=O)NC(CS)C(=O)NC(C(=O)N1CCCC1C(=O)O)C(C)C. The average molecular weight is 449 g/mol. The van der Waals surface area contributed by atoms with Gasteiger partial charge in [0.05, 0.1) is 6.04 Å². The second-order valence-corrected chi connectivity index (χ2v) is 8.74. The van der Waals surface area contributed by atoms with Crippen LogP contribution in [-0.2, 0) is 19.2 Å². The monoisotopic (exact) mass is 448 g/mol. The molecule has 5 N–H and O–H groups in total. The van der Waals surface area contributed by atoms with Crippen LogP contribution in [0.5, 0.6) is 0 Å². The average Bonchev–Trinajstić information content (AvgIpc) is 3.17. The fourth-order valence-corrected chi connectivity index (χ4v) is 3.83. The standard InChI is InChI=1S/C18H32N4O5S2/c1-10(2)14(17(25)22-7-4-5-13(22)18(26)27)21-16(24)12(9-28)20-15(23)11(19)6-8-29-3/h10-14,28H,4-9,19H2,1-3H3,(H,20,23)(H,21,24)(H,26,27). The maximum absolute atomic E-state index is 12.9. The van der Waals surface area contributed by atoms with Crippen molar-refractivity contribution in [2.45, 2.75) is 57.3 Å². The van der Waals surface area contributed by atoms with E-state index in [1.54, 1.807) is 25.6 Å². The van der Waals surface area contributed by atoms with Gasteiger partial charge in [-0.25, -0.2) is 4.79 Å². The summed E-state index contributed by atoms with van der Waals surface area (Å²) >= 11 is 5.70. The number of rotatable bonds is 11. The second-order valence-electron chi connectivity index (χ2n) is 7.39. The zero-order valence-electron chi connectivity index (χ0n) is 17.1. The van der Waals surface area contributed by atoms with Crippen LogP contribution in [0.15, 0.2) is 0 Å². The van der Waals surface area contributed by atoms with Crippen LogP contribution in [0.25, 0.3) is 0 Å². The predicted octanol–water partition coefficient (Wildman–Crippen LogP) is -0.302. The molecule has 1 rings (SSSR count). The molecule has 0 aromatic carbocycles. The highest BCUT2D eigenvalue weighted by Crippen LogP contribution is 2.20. The van der Waals surface area contributed by atoms with Gasteiger partial charge in [-0.2, -0.15) is 24.4 Å². The Morgan fingerprint density at radius 1 is 1.24 bits per heavy atom. The molecule has 1 saturated heterocycles. The number of nitrogens with one attached hydrogen (secondary N) is 2. The number of thiol groups is 1.